The van der Waals surface area contributed by atoms with E-state index in [1.54, 1.807) is 0 Å². The molecule has 0 saturated carbocycles. The van der Waals surface area contributed by atoms with Gasteiger partial charge in [0.05, 0.1) is 0 Å². The lowest BCUT2D eigenvalue weighted by atomic mass is 10.0. The number of amides is 1. The minimum atomic E-state index is 0.214. The highest BCUT2D eigenvalue weighted by atomic mass is 79.9. The molecule has 0 bridgehead atoms. The van der Waals surface area contributed by atoms with Gasteiger partial charge < -0.3 is 5.32 Å². The zero-order valence-electron chi connectivity index (χ0n) is 9.31. The van der Waals surface area contributed by atoms with Crippen molar-refractivity contribution in [2.75, 3.05) is 11.9 Å². The summed E-state index contributed by atoms with van der Waals surface area (Å²) in [7, 11) is 0. The van der Waals surface area contributed by atoms with Gasteiger partial charge in [0.15, 0.2) is 0 Å². The fraction of sp³-hybridized carbons (Fsp3) is 0.909. The van der Waals surface area contributed by atoms with Gasteiger partial charge in [0.2, 0.25) is 5.91 Å². The Kier molecular flexibility index (Phi) is 9.47. The molecule has 0 spiro atoms. The third-order valence-electron chi connectivity index (χ3n) is 2.47. The molecule has 0 unspecified atom stereocenters. The zero-order chi connectivity index (χ0) is 10.8. The van der Waals surface area contributed by atoms with Crippen LogP contribution in [-0.2, 0) is 4.79 Å². The third kappa shape index (κ3) is 6.41. The van der Waals surface area contributed by atoms with Crippen molar-refractivity contribution in [3.63, 3.8) is 0 Å². The molecule has 0 saturated heterocycles. The van der Waals surface area contributed by atoms with Crippen LogP contribution in [0.3, 0.4) is 0 Å². The maximum absolute atomic E-state index is 11.5. The SMILES string of the molecule is CCC(CC)C(=O)NCCCCCBr. The summed E-state index contributed by atoms with van der Waals surface area (Å²) in [5, 5.41) is 4.05. The van der Waals surface area contributed by atoms with Crippen molar-refractivity contribution in [2.24, 2.45) is 5.92 Å². The van der Waals surface area contributed by atoms with Gasteiger partial charge in [0.1, 0.15) is 0 Å². The average Bonchev–Trinajstić information content (AvgIpc) is 2.19. The second kappa shape index (κ2) is 9.50. The molecule has 0 atom stereocenters. The molecule has 0 radical (unpaired) electrons. The second-order valence-electron chi connectivity index (χ2n) is 3.55. The first-order chi connectivity index (χ1) is 6.76. The van der Waals surface area contributed by atoms with Crippen molar-refractivity contribution in [3.8, 4) is 0 Å². The Morgan fingerprint density at radius 2 is 1.86 bits per heavy atom. The van der Waals surface area contributed by atoms with Gasteiger partial charge in [-0.25, -0.2) is 0 Å². The molecule has 0 aliphatic carbocycles. The fourth-order valence-electron chi connectivity index (χ4n) is 1.41. The predicted octanol–water partition coefficient (Wildman–Crippen LogP) is 3.10. The normalized spacial score (nSPS) is 10.6. The lowest BCUT2D eigenvalue weighted by Crippen LogP contribution is -2.30. The van der Waals surface area contributed by atoms with Crippen molar-refractivity contribution in [1.29, 1.82) is 0 Å². The van der Waals surface area contributed by atoms with E-state index in [1.165, 1.54) is 12.8 Å². The van der Waals surface area contributed by atoms with Crippen LogP contribution in [0.5, 0.6) is 0 Å². The summed E-state index contributed by atoms with van der Waals surface area (Å²) in [6, 6.07) is 0. The molecule has 84 valence electrons. The summed E-state index contributed by atoms with van der Waals surface area (Å²) in [5.74, 6) is 0.444. The molecule has 1 amide bonds. The monoisotopic (exact) mass is 263 g/mol. The van der Waals surface area contributed by atoms with Crippen molar-refractivity contribution in [2.45, 2.75) is 46.0 Å². The number of hydrogen-bond donors (Lipinski definition) is 1. The quantitative estimate of drug-likeness (QED) is 0.529. The van der Waals surface area contributed by atoms with Gasteiger partial charge in [-0.15, -0.1) is 0 Å². The molecular weight excluding hydrogens is 242 g/mol. The van der Waals surface area contributed by atoms with E-state index in [0.29, 0.717) is 0 Å². The summed E-state index contributed by atoms with van der Waals surface area (Å²) in [6.45, 7) is 4.97. The fourth-order valence-corrected chi connectivity index (χ4v) is 1.81. The van der Waals surface area contributed by atoms with Crippen LogP contribution in [0.15, 0.2) is 0 Å². The number of rotatable bonds is 8. The minimum Gasteiger partial charge on any atom is -0.356 e. The van der Waals surface area contributed by atoms with Crippen molar-refractivity contribution < 1.29 is 4.79 Å². The van der Waals surface area contributed by atoms with Gasteiger partial charge in [-0.1, -0.05) is 36.2 Å². The van der Waals surface area contributed by atoms with Crippen LogP contribution >= 0.6 is 15.9 Å². The van der Waals surface area contributed by atoms with Gasteiger partial charge in [0, 0.05) is 17.8 Å². The van der Waals surface area contributed by atoms with Gasteiger partial charge in [0.25, 0.3) is 0 Å². The summed E-state index contributed by atoms with van der Waals surface area (Å²) >= 11 is 3.39. The molecule has 0 heterocycles. The largest absolute Gasteiger partial charge is 0.356 e. The lowest BCUT2D eigenvalue weighted by molar-refractivity contribution is -0.125. The molecule has 0 aliphatic rings. The van der Waals surface area contributed by atoms with E-state index in [-0.39, 0.29) is 11.8 Å². The molecule has 14 heavy (non-hydrogen) atoms. The van der Waals surface area contributed by atoms with E-state index in [9.17, 15) is 4.79 Å². The van der Waals surface area contributed by atoms with Crippen molar-refractivity contribution in [3.05, 3.63) is 0 Å². The Labute approximate surface area is 96.0 Å². The highest BCUT2D eigenvalue weighted by Gasteiger charge is 2.12. The smallest absolute Gasteiger partial charge is 0.223 e. The second-order valence-corrected chi connectivity index (χ2v) is 4.35. The molecule has 0 aromatic heterocycles. The lowest BCUT2D eigenvalue weighted by Gasteiger charge is -2.12. The topological polar surface area (TPSA) is 29.1 Å². The number of hydrogen-bond acceptors (Lipinski definition) is 1. The van der Waals surface area contributed by atoms with Crippen LogP contribution in [-0.4, -0.2) is 17.8 Å². The van der Waals surface area contributed by atoms with Gasteiger partial charge in [-0.3, -0.25) is 4.79 Å². The van der Waals surface area contributed by atoms with E-state index in [0.717, 1.165) is 31.1 Å². The van der Waals surface area contributed by atoms with E-state index in [4.69, 9.17) is 0 Å². The number of alkyl halides is 1. The highest BCUT2D eigenvalue weighted by molar-refractivity contribution is 9.09. The third-order valence-corrected chi connectivity index (χ3v) is 3.03. The highest BCUT2D eigenvalue weighted by Crippen LogP contribution is 2.07. The number of nitrogens with one attached hydrogen (secondary N) is 1. The molecular formula is C11H22BrNO. The molecule has 0 aromatic carbocycles. The minimum absolute atomic E-state index is 0.214. The molecule has 0 aromatic rings. The van der Waals surface area contributed by atoms with Crippen LogP contribution in [0.25, 0.3) is 0 Å². The molecule has 0 rings (SSSR count). The number of halogens is 1. The molecule has 2 nitrogen and oxygen atoms in total. The standard InChI is InChI=1S/C11H22BrNO/c1-3-10(4-2)11(14)13-9-7-5-6-8-12/h10H,3-9H2,1-2H3,(H,13,14). The zero-order valence-corrected chi connectivity index (χ0v) is 10.9. The number of unbranched alkanes of at least 4 members (excludes halogenated alkanes) is 2. The first-order valence-corrected chi connectivity index (χ1v) is 6.72. The van der Waals surface area contributed by atoms with Crippen LogP contribution in [0, 0.1) is 5.92 Å². The van der Waals surface area contributed by atoms with Crippen molar-refractivity contribution >= 4 is 21.8 Å². The number of carbonyl (C=O) groups excluding carboxylic acids is 1. The Balaban J connectivity index is 3.43. The first-order valence-electron chi connectivity index (χ1n) is 5.59. The van der Waals surface area contributed by atoms with Gasteiger partial charge in [-0.05, 0) is 25.7 Å². The summed E-state index contributed by atoms with van der Waals surface area (Å²) in [4.78, 5) is 11.5. The molecule has 0 fully saturated rings. The van der Waals surface area contributed by atoms with E-state index >= 15 is 0 Å². The summed E-state index contributed by atoms with van der Waals surface area (Å²) in [6.07, 6.45) is 5.38. The van der Waals surface area contributed by atoms with E-state index < -0.39 is 0 Å². The van der Waals surface area contributed by atoms with Crippen LogP contribution in [0.2, 0.25) is 0 Å². The van der Waals surface area contributed by atoms with Crippen LogP contribution in [0.4, 0.5) is 0 Å². The van der Waals surface area contributed by atoms with Gasteiger partial charge >= 0.3 is 0 Å². The van der Waals surface area contributed by atoms with E-state index in [2.05, 4.69) is 35.1 Å². The summed E-state index contributed by atoms with van der Waals surface area (Å²) < 4.78 is 0. The van der Waals surface area contributed by atoms with Gasteiger partial charge in [-0.2, -0.15) is 0 Å². The molecule has 3 heteroatoms. The Bertz CT molecular complexity index is 146. The van der Waals surface area contributed by atoms with Crippen LogP contribution in [0.1, 0.15) is 46.0 Å². The van der Waals surface area contributed by atoms with Crippen molar-refractivity contribution in [1.82, 2.24) is 5.32 Å². The Hall–Kier alpha value is -0.0500. The number of carbonyl (C=O) groups is 1. The Morgan fingerprint density at radius 1 is 1.21 bits per heavy atom. The van der Waals surface area contributed by atoms with E-state index in [1.807, 2.05) is 0 Å². The average molecular weight is 264 g/mol. The van der Waals surface area contributed by atoms with Crippen LogP contribution < -0.4 is 5.32 Å². The predicted molar refractivity (Wildman–Crippen MR) is 64.7 cm³/mol. The Morgan fingerprint density at radius 3 is 2.36 bits per heavy atom. The first kappa shape index (κ1) is 13.9. The molecule has 1 N–H and O–H groups in total. The molecule has 0 aliphatic heterocycles. The maximum atomic E-state index is 11.5. The maximum Gasteiger partial charge on any atom is 0.223 e. The summed E-state index contributed by atoms with van der Waals surface area (Å²) in [5.41, 5.74) is 0.